The van der Waals surface area contributed by atoms with E-state index in [0.717, 1.165) is 13.3 Å². The van der Waals surface area contributed by atoms with E-state index in [-0.39, 0.29) is 1.43 Å². The van der Waals surface area contributed by atoms with Crippen LogP contribution in [0.4, 0.5) is 25.2 Å². The van der Waals surface area contributed by atoms with E-state index >= 15 is 0 Å². The second-order valence-corrected chi connectivity index (χ2v) is 4.91. The van der Waals surface area contributed by atoms with Crippen molar-refractivity contribution in [2.45, 2.75) is 6.92 Å². The molecule has 0 N–H and O–H groups in total. The Bertz CT molecular complexity index is 256. The van der Waals surface area contributed by atoms with Gasteiger partial charge in [-0.15, -0.1) is 0 Å². The van der Waals surface area contributed by atoms with Crippen molar-refractivity contribution >= 4 is 7.81 Å². The van der Waals surface area contributed by atoms with E-state index in [4.69, 9.17) is 4.84 Å². The summed E-state index contributed by atoms with van der Waals surface area (Å²) >= 11 is 0. The summed E-state index contributed by atoms with van der Waals surface area (Å²) in [6.07, 6.45) is 3.90. The zero-order chi connectivity index (χ0) is 13.1. The predicted octanol–water partition coefficient (Wildman–Crippen LogP) is 4.11. The number of hydrogen-bond acceptors (Lipinski definition) is 3. The van der Waals surface area contributed by atoms with Crippen molar-refractivity contribution in [1.82, 2.24) is 9.96 Å². The summed E-state index contributed by atoms with van der Waals surface area (Å²) < 4.78 is 59.2. The van der Waals surface area contributed by atoms with Crippen molar-refractivity contribution < 1.29 is 31.4 Å². The Morgan fingerprint density at radius 2 is 1.62 bits per heavy atom. The third-order valence-electron chi connectivity index (χ3n) is 1.14. The Kier molecular flexibility index (Phi) is 3.79. The molecule has 0 saturated carbocycles. The molecule has 0 aromatic heterocycles. The maximum absolute atomic E-state index is 10.7. The van der Waals surface area contributed by atoms with Gasteiger partial charge in [0, 0.05) is 19.4 Å². The molecule has 0 spiro atoms. The minimum atomic E-state index is -10.7. The molecule has 0 amide bonds. The van der Waals surface area contributed by atoms with Gasteiger partial charge in [-0.25, -0.2) is 5.06 Å². The quantitative estimate of drug-likeness (QED) is 0.556. The molecule has 0 aromatic carbocycles. The van der Waals surface area contributed by atoms with Gasteiger partial charge in [-0.05, 0) is 6.92 Å². The van der Waals surface area contributed by atoms with E-state index in [1.54, 1.807) is 5.06 Å². The van der Waals surface area contributed by atoms with Crippen LogP contribution >= 0.6 is 7.81 Å². The van der Waals surface area contributed by atoms with Crippen LogP contribution in [0.3, 0.4) is 0 Å². The van der Waals surface area contributed by atoms with Crippen molar-refractivity contribution in [2.24, 2.45) is 0 Å². The number of nitrogens with zero attached hydrogens (tertiary/aromatic N) is 2. The van der Waals surface area contributed by atoms with Crippen molar-refractivity contribution in [3.8, 4) is 0 Å². The molecule has 0 aromatic rings. The molecular weight excluding hydrogens is 261 g/mol. The normalized spacial score (nSPS) is 20.0. The summed E-state index contributed by atoms with van der Waals surface area (Å²) in [5.74, 6) is 0. The molecule has 1 heterocycles. The van der Waals surface area contributed by atoms with Crippen LogP contribution in [0.25, 0.3) is 0 Å². The van der Waals surface area contributed by atoms with Crippen LogP contribution in [-0.4, -0.2) is 30.3 Å². The Labute approximate surface area is 89.9 Å². The van der Waals surface area contributed by atoms with Gasteiger partial charge in [0.1, 0.15) is 6.67 Å². The van der Waals surface area contributed by atoms with E-state index in [1.807, 2.05) is 26.4 Å². The first-order chi connectivity index (χ1) is 6.78. The maximum Gasteiger partial charge on any atom is 1.00 e. The van der Waals surface area contributed by atoms with Gasteiger partial charge in [-0.1, -0.05) is 0 Å². The van der Waals surface area contributed by atoms with Gasteiger partial charge < -0.3 is 4.90 Å². The molecule has 1 aliphatic rings. The first kappa shape index (κ1) is 15.3. The third kappa shape index (κ3) is 15.8. The molecule has 0 fully saturated rings. The largest absolute Gasteiger partial charge is 1.00 e. The summed E-state index contributed by atoms with van der Waals surface area (Å²) in [5, 5.41) is 1.81. The molecule has 0 unspecified atom stereocenters. The number of hydroxylamine groups is 2. The van der Waals surface area contributed by atoms with Gasteiger partial charge in [0.2, 0.25) is 0 Å². The Balaban J connectivity index is 0. The number of rotatable bonds is 2. The predicted molar refractivity (Wildman–Crippen MR) is 49.9 cm³/mol. The van der Waals surface area contributed by atoms with Crippen LogP contribution in [0, 0.1) is 0 Å². The fourth-order valence-corrected chi connectivity index (χ4v) is 0.752. The SMILES string of the molecule is CCON1C=CN(C)C1.F[P-](F)(F)(F)(F)F.[H+]. The second-order valence-electron chi connectivity index (χ2n) is 2.99. The van der Waals surface area contributed by atoms with Gasteiger partial charge in [0.15, 0.2) is 0 Å². The summed E-state index contributed by atoms with van der Waals surface area (Å²) in [7, 11) is -8.65. The molecule has 3 nitrogen and oxygen atoms in total. The molecule has 16 heavy (non-hydrogen) atoms. The van der Waals surface area contributed by atoms with Crippen LogP contribution in [0.5, 0.6) is 0 Å². The number of hydrogen-bond donors (Lipinski definition) is 0. The number of halogens is 6. The minimum Gasteiger partial charge on any atom is 1.00 e. The molecule has 0 aliphatic carbocycles. The average Bonchev–Trinajstić information content (AvgIpc) is 2.29. The van der Waals surface area contributed by atoms with Gasteiger partial charge in [-0.3, -0.25) is 4.84 Å². The van der Waals surface area contributed by atoms with Gasteiger partial charge in [-0.2, -0.15) is 0 Å². The van der Waals surface area contributed by atoms with Crippen molar-refractivity contribution in [1.29, 1.82) is 0 Å². The van der Waals surface area contributed by atoms with E-state index in [1.165, 1.54) is 0 Å². The molecule has 0 atom stereocenters. The molecular formula is C6H13F6N2OP. The van der Waals surface area contributed by atoms with Crippen molar-refractivity contribution in [3.63, 3.8) is 0 Å². The van der Waals surface area contributed by atoms with Gasteiger partial charge in [0.25, 0.3) is 0 Å². The molecule has 100 valence electrons. The molecule has 0 saturated heterocycles. The average molecular weight is 274 g/mol. The Morgan fingerprint density at radius 3 is 1.88 bits per heavy atom. The van der Waals surface area contributed by atoms with Crippen molar-refractivity contribution in [3.05, 3.63) is 12.4 Å². The van der Waals surface area contributed by atoms with E-state index < -0.39 is 7.81 Å². The Morgan fingerprint density at radius 1 is 1.19 bits per heavy atom. The molecule has 0 radical (unpaired) electrons. The molecule has 10 heteroatoms. The maximum atomic E-state index is 9.87. The molecule has 0 bridgehead atoms. The first-order valence-corrected chi connectivity index (χ1v) is 6.15. The van der Waals surface area contributed by atoms with Crippen LogP contribution in [0.1, 0.15) is 8.35 Å². The zero-order valence-electron chi connectivity index (χ0n) is 9.59. The van der Waals surface area contributed by atoms with Crippen LogP contribution in [0.2, 0.25) is 0 Å². The summed E-state index contributed by atoms with van der Waals surface area (Å²) in [5.41, 5.74) is 0. The first-order valence-electron chi connectivity index (χ1n) is 4.12. The Hall–Kier alpha value is -0.690. The fourth-order valence-electron chi connectivity index (χ4n) is 0.752. The third-order valence-corrected chi connectivity index (χ3v) is 1.14. The van der Waals surface area contributed by atoms with E-state index in [9.17, 15) is 25.2 Å². The van der Waals surface area contributed by atoms with Crippen LogP contribution in [0.15, 0.2) is 12.4 Å². The topological polar surface area (TPSA) is 15.7 Å². The summed E-state index contributed by atoms with van der Waals surface area (Å²) in [6.45, 7) is 3.55. The van der Waals surface area contributed by atoms with E-state index in [0.29, 0.717) is 0 Å². The molecule has 1 rings (SSSR count). The van der Waals surface area contributed by atoms with Crippen LogP contribution < -0.4 is 0 Å². The van der Waals surface area contributed by atoms with E-state index in [2.05, 4.69) is 4.90 Å². The smallest absolute Gasteiger partial charge is 1.00 e. The fraction of sp³-hybridized carbons (Fsp3) is 0.667. The summed E-state index contributed by atoms with van der Waals surface area (Å²) in [6, 6.07) is 0. The second kappa shape index (κ2) is 3.96. The summed E-state index contributed by atoms with van der Waals surface area (Å²) in [4.78, 5) is 7.23. The standard InChI is InChI=1S/C6H12N2O.F6P/c1-3-9-8-5-4-7(2)6-8;1-7(2,3,4,5)6/h4-5H,3,6H2,1-2H3;/q;-1/p+1. The zero-order valence-corrected chi connectivity index (χ0v) is 9.48. The van der Waals surface area contributed by atoms with Gasteiger partial charge >= 0.3 is 34.4 Å². The van der Waals surface area contributed by atoms with Gasteiger partial charge in [0.05, 0.1) is 6.61 Å². The molecule has 1 aliphatic heterocycles. The van der Waals surface area contributed by atoms with Crippen molar-refractivity contribution in [2.75, 3.05) is 20.3 Å². The van der Waals surface area contributed by atoms with Crippen LogP contribution in [-0.2, 0) is 4.84 Å². The minimum absolute atomic E-state index is 0. The monoisotopic (exact) mass is 274 g/mol.